The molecular formula is C22H29N3. The molecule has 1 unspecified atom stereocenters. The van der Waals surface area contributed by atoms with Gasteiger partial charge in [0.05, 0.1) is 0 Å². The summed E-state index contributed by atoms with van der Waals surface area (Å²) in [6, 6.07) is 13.2. The summed E-state index contributed by atoms with van der Waals surface area (Å²) >= 11 is 0. The lowest BCUT2D eigenvalue weighted by Gasteiger charge is -2.34. The van der Waals surface area contributed by atoms with Crippen molar-refractivity contribution in [3.05, 3.63) is 59.3 Å². The molecule has 2 aliphatic heterocycles. The van der Waals surface area contributed by atoms with Crippen molar-refractivity contribution < 1.29 is 0 Å². The van der Waals surface area contributed by atoms with Gasteiger partial charge in [-0.25, -0.2) is 4.98 Å². The van der Waals surface area contributed by atoms with E-state index in [2.05, 4.69) is 58.5 Å². The predicted octanol–water partition coefficient (Wildman–Crippen LogP) is 4.24. The largest absolute Gasteiger partial charge is 0.370 e. The van der Waals surface area contributed by atoms with Crippen LogP contribution in [0.4, 0.5) is 5.82 Å². The standard InChI is InChI=1S/C22H29N3/c1-17-5-2-3-7-21(17)19-10-13-25(14-11-19)16-18-8-9-20-6-4-12-23-22(20)24-15-18/h2-7,12,18-19H,8-11,13-16H2,1H3,(H,23,24). The van der Waals surface area contributed by atoms with Gasteiger partial charge in [0, 0.05) is 19.3 Å². The molecule has 132 valence electrons. The van der Waals surface area contributed by atoms with Crippen LogP contribution in [-0.2, 0) is 6.42 Å². The van der Waals surface area contributed by atoms with Crippen molar-refractivity contribution in [2.24, 2.45) is 5.92 Å². The van der Waals surface area contributed by atoms with Gasteiger partial charge in [-0.3, -0.25) is 0 Å². The van der Waals surface area contributed by atoms with E-state index in [1.807, 2.05) is 6.20 Å². The van der Waals surface area contributed by atoms with Crippen LogP contribution < -0.4 is 5.32 Å². The van der Waals surface area contributed by atoms with Gasteiger partial charge >= 0.3 is 0 Å². The molecule has 3 nitrogen and oxygen atoms in total. The normalized spacial score (nSPS) is 22.0. The zero-order valence-electron chi connectivity index (χ0n) is 15.2. The molecule has 3 heterocycles. The van der Waals surface area contributed by atoms with Gasteiger partial charge in [0.25, 0.3) is 0 Å². The molecule has 1 atom stereocenters. The van der Waals surface area contributed by atoms with E-state index in [4.69, 9.17) is 0 Å². The zero-order valence-corrected chi connectivity index (χ0v) is 15.2. The molecule has 1 aromatic carbocycles. The van der Waals surface area contributed by atoms with Crippen LogP contribution in [-0.4, -0.2) is 36.1 Å². The average molecular weight is 335 g/mol. The molecule has 0 bridgehead atoms. The number of pyridine rings is 1. The average Bonchev–Trinajstić information content (AvgIpc) is 2.86. The Kier molecular flexibility index (Phi) is 5.02. The van der Waals surface area contributed by atoms with E-state index in [1.54, 1.807) is 5.56 Å². The highest BCUT2D eigenvalue weighted by molar-refractivity contribution is 5.44. The van der Waals surface area contributed by atoms with Crippen LogP contribution in [0.3, 0.4) is 0 Å². The molecule has 1 saturated heterocycles. The maximum Gasteiger partial charge on any atom is 0.129 e. The molecule has 2 aliphatic rings. The molecule has 2 aromatic rings. The summed E-state index contributed by atoms with van der Waals surface area (Å²) < 4.78 is 0. The first kappa shape index (κ1) is 16.6. The Morgan fingerprint density at radius 3 is 2.76 bits per heavy atom. The first-order valence-corrected chi connectivity index (χ1v) is 9.75. The van der Waals surface area contributed by atoms with E-state index in [1.165, 1.54) is 50.0 Å². The Labute approximate surface area is 151 Å². The first-order chi connectivity index (χ1) is 12.3. The van der Waals surface area contributed by atoms with Gasteiger partial charge in [-0.15, -0.1) is 0 Å². The third kappa shape index (κ3) is 3.87. The highest BCUT2D eigenvalue weighted by Gasteiger charge is 2.24. The van der Waals surface area contributed by atoms with E-state index >= 15 is 0 Å². The zero-order chi connectivity index (χ0) is 17.1. The van der Waals surface area contributed by atoms with E-state index in [0.717, 1.165) is 30.6 Å². The van der Waals surface area contributed by atoms with E-state index < -0.39 is 0 Å². The summed E-state index contributed by atoms with van der Waals surface area (Å²) in [4.78, 5) is 7.17. The predicted molar refractivity (Wildman–Crippen MR) is 104 cm³/mol. The molecule has 4 rings (SSSR count). The SMILES string of the molecule is Cc1ccccc1C1CCN(CC2CCc3cccnc3NC2)CC1. The van der Waals surface area contributed by atoms with Gasteiger partial charge in [-0.1, -0.05) is 30.3 Å². The second-order valence-electron chi connectivity index (χ2n) is 7.73. The van der Waals surface area contributed by atoms with Gasteiger partial charge < -0.3 is 10.2 Å². The lowest BCUT2D eigenvalue weighted by atomic mass is 9.86. The van der Waals surface area contributed by atoms with Gasteiger partial charge in [0.1, 0.15) is 5.82 Å². The van der Waals surface area contributed by atoms with Crippen LogP contribution in [0.1, 0.15) is 41.9 Å². The number of piperidine rings is 1. The number of benzene rings is 1. The molecule has 25 heavy (non-hydrogen) atoms. The monoisotopic (exact) mass is 335 g/mol. The van der Waals surface area contributed by atoms with Gasteiger partial charge in [-0.05, 0) is 80.3 Å². The van der Waals surface area contributed by atoms with E-state index in [-0.39, 0.29) is 0 Å². The number of hydrogen-bond donors (Lipinski definition) is 1. The van der Waals surface area contributed by atoms with Crippen LogP contribution in [0, 0.1) is 12.8 Å². The number of nitrogens with zero attached hydrogens (tertiary/aromatic N) is 2. The van der Waals surface area contributed by atoms with Crippen LogP contribution in [0.25, 0.3) is 0 Å². The van der Waals surface area contributed by atoms with E-state index in [0.29, 0.717) is 0 Å². The lowest BCUT2D eigenvalue weighted by Crippen LogP contribution is -2.38. The minimum absolute atomic E-state index is 0.726. The Balaban J connectivity index is 1.30. The van der Waals surface area contributed by atoms with Crippen molar-refractivity contribution in [2.45, 2.75) is 38.5 Å². The number of aryl methyl sites for hydroxylation is 2. The summed E-state index contributed by atoms with van der Waals surface area (Å²) in [5.41, 5.74) is 4.40. The summed E-state index contributed by atoms with van der Waals surface area (Å²) in [5, 5.41) is 3.57. The number of fused-ring (bicyclic) bond motifs is 1. The van der Waals surface area contributed by atoms with Crippen LogP contribution >= 0.6 is 0 Å². The summed E-state index contributed by atoms with van der Waals surface area (Å²) in [6.45, 7) is 7.01. The molecule has 0 aliphatic carbocycles. The molecule has 1 aromatic heterocycles. The first-order valence-electron chi connectivity index (χ1n) is 9.75. The Morgan fingerprint density at radius 2 is 1.92 bits per heavy atom. The van der Waals surface area contributed by atoms with Crippen molar-refractivity contribution in [1.29, 1.82) is 0 Å². The topological polar surface area (TPSA) is 28.2 Å². The Bertz CT molecular complexity index is 677. The van der Waals surface area contributed by atoms with Crippen molar-refractivity contribution in [3.8, 4) is 0 Å². The Hall–Kier alpha value is -1.87. The fourth-order valence-electron chi connectivity index (χ4n) is 4.49. The minimum Gasteiger partial charge on any atom is -0.370 e. The fraction of sp³-hybridized carbons (Fsp3) is 0.500. The quantitative estimate of drug-likeness (QED) is 0.909. The summed E-state index contributed by atoms with van der Waals surface area (Å²) in [5.74, 6) is 2.57. The number of rotatable bonds is 3. The Morgan fingerprint density at radius 1 is 1.08 bits per heavy atom. The fourth-order valence-corrected chi connectivity index (χ4v) is 4.49. The van der Waals surface area contributed by atoms with Crippen molar-refractivity contribution in [3.63, 3.8) is 0 Å². The molecule has 0 amide bonds. The smallest absolute Gasteiger partial charge is 0.129 e. The molecular weight excluding hydrogens is 306 g/mol. The molecule has 0 spiro atoms. The van der Waals surface area contributed by atoms with Crippen LogP contribution in [0.5, 0.6) is 0 Å². The second kappa shape index (κ2) is 7.57. The summed E-state index contributed by atoms with van der Waals surface area (Å²) in [6.07, 6.45) is 6.91. The number of likely N-dealkylation sites (tertiary alicyclic amines) is 1. The lowest BCUT2D eigenvalue weighted by molar-refractivity contribution is 0.182. The maximum atomic E-state index is 4.49. The molecule has 0 radical (unpaired) electrons. The molecule has 1 N–H and O–H groups in total. The summed E-state index contributed by atoms with van der Waals surface area (Å²) in [7, 11) is 0. The molecule has 3 heteroatoms. The third-order valence-electron chi connectivity index (χ3n) is 6.00. The van der Waals surface area contributed by atoms with Crippen molar-refractivity contribution >= 4 is 5.82 Å². The van der Waals surface area contributed by atoms with Gasteiger partial charge in [0.15, 0.2) is 0 Å². The number of hydrogen-bond acceptors (Lipinski definition) is 3. The van der Waals surface area contributed by atoms with Crippen molar-refractivity contribution in [2.75, 3.05) is 31.5 Å². The molecule has 1 fully saturated rings. The maximum absolute atomic E-state index is 4.49. The van der Waals surface area contributed by atoms with E-state index in [9.17, 15) is 0 Å². The number of anilines is 1. The van der Waals surface area contributed by atoms with Crippen molar-refractivity contribution in [1.82, 2.24) is 9.88 Å². The van der Waals surface area contributed by atoms with Crippen LogP contribution in [0.2, 0.25) is 0 Å². The molecule has 0 saturated carbocycles. The number of nitrogens with one attached hydrogen (secondary N) is 1. The highest BCUT2D eigenvalue weighted by Crippen LogP contribution is 2.31. The second-order valence-corrected chi connectivity index (χ2v) is 7.73. The highest BCUT2D eigenvalue weighted by atomic mass is 15.1. The number of aromatic nitrogens is 1. The van der Waals surface area contributed by atoms with Gasteiger partial charge in [-0.2, -0.15) is 0 Å². The van der Waals surface area contributed by atoms with Gasteiger partial charge in [0.2, 0.25) is 0 Å². The van der Waals surface area contributed by atoms with Crippen LogP contribution in [0.15, 0.2) is 42.6 Å². The minimum atomic E-state index is 0.726. The third-order valence-corrected chi connectivity index (χ3v) is 6.00.